The highest BCUT2D eigenvalue weighted by molar-refractivity contribution is 7.89. The number of aliphatic hydroxyl groups is 1. The van der Waals surface area contributed by atoms with E-state index >= 15 is 0 Å². The minimum atomic E-state index is -4.08. The lowest BCUT2D eigenvalue weighted by atomic mass is 10.1. The van der Waals surface area contributed by atoms with Crippen molar-refractivity contribution in [3.05, 3.63) is 24.3 Å². The van der Waals surface area contributed by atoms with Crippen LogP contribution in [0.2, 0.25) is 0 Å². The third kappa shape index (κ3) is 5.22. The average Bonchev–Trinajstić information content (AvgIpc) is 2.68. The van der Waals surface area contributed by atoms with Crippen molar-refractivity contribution in [2.45, 2.75) is 30.6 Å². The number of sulfonamides is 1. The van der Waals surface area contributed by atoms with Crippen molar-refractivity contribution in [2.24, 2.45) is 0 Å². The Bertz CT molecular complexity index is 764. The molecule has 2 rings (SSSR count). The first kappa shape index (κ1) is 20.3. The molecule has 1 fully saturated rings. The van der Waals surface area contributed by atoms with E-state index in [9.17, 15) is 23.1 Å². The molecule has 0 saturated carbocycles. The summed E-state index contributed by atoms with van der Waals surface area (Å²) in [5.74, 6) is -3.31. The van der Waals surface area contributed by atoms with Gasteiger partial charge in [-0.1, -0.05) is 0 Å². The fraction of sp³-hybridized carbons (Fsp3) is 0.467. The Kier molecular flexibility index (Phi) is 6.31. The minimum absolute atomic E-state index is 0.109. The predicted octanol–water partition coefficient (Wildman–Crippen LogP) is -0.452. The second-order valence-electron chi connectivity index (χ2n) is 5.65. The first-order chi connectivity index (χ1) is 12.1. The number of carbonyl (C=O) groups excluding carboxylic acids is 2. The molecule has 26 heavy (non-hydrogen) atoms. The minimum Gasteiger partial charge on any atom is -0.429 e. The molecule has 0 radical (unpaired) electrons. The maximum Gasteiger partial charge on any atom is 0.305 e. The number of anilines is 1. The first-order valence-corrected chi connectivity index (χ1v) is 9.08. The van der Waals surface area contributed by atoms with Crippen LogP contribution >= 0.6 is 0 Å². The van der Waals surface area contributed by atoms with Crippen molar-refractivity contribution < 1.29 is 37.3 Å². The number of nitrogens with one attached hydrogen (secondary N) is 2. The SMILES string of the molecule is CC(=O)Nc1ccc(S(=O)(=O)NC2COCOCC2(O)OC(C)=O)cc1. The molecule has 0 aliphatic carbocycles. The van der Waals surface area contributed by atoms with Gasteiger partial charge in [0.25, 0.3) is 5.79 Å². The van der Waals surface area contributed by atoms with E-state index in [0.717, 1.165) is 6.92 Å². The highest BCUT2D eigenvalue weighted by Crippen LogP contribution is 2.21. The van der Waals surface area contributed by atoms with E-state index in [4.69, 9.17) is 14.2 Å². The van der Waals surface area contributed by atoms with Crippen LogP contribution in [0.4, 0.5) is 5.69 Å². The number of hydrogen-bond acceptors (Lipinski definition) is 8. The summed E-state index contributed by atoms with van der Waals surface area (Å²) < 4.78 is 42.3. The van der Waals surface area contributed by atoms with Gasteiger partial charge in [0.15, 0.2) is 0 Å². The lowest BCUT2D eigenvalue weighted by Crippen LogP contribution is -2.58. The van der Waals surface area contributed by atoms with E-state index in [2.05, 4.69) is 10.0 Å². The molecule has 1 aromatic rings. The molecule has 3 N–H and O–H groups in total. The summed E-state index contributed by atoms with van der Waals surface area (Å²) in [6, 6.07) is 4.12. The fourth-order valence-corrected chi connectivity index (χ4v) is 3.55. The highest BCUT2D eigenvalue weighted by Gasteiger charge is 2.44. The van der Waals surface area contributed by atoms with E-state index in [1.807, 2.05) is 0 Å². The molecule has 1 aliphatic rings. The second kappa shape index (κ2) is 8.10. The van der Waals surface area contributed by atoms with Crippen LogP contribution in [0.15, 0.2) is 29.2 Å². The lowest BCUT2D eigenvalue weighted by molar-refractivity contribution is -0.232. The van der Waals surface area contributed by atoms with E-state index in [1.54, 1.807) is 0 Å². The molecular weight excluding hydrogens is 368 g/mol. The smallest absolute Gasteiger partial charge is 0.305 e. The Labute approximate surface area is 150 Å². The zero-order valence-electron chi connectivity index (χ0n) is 14.2. The van der Waals surface area contributed by atoms with Gasteiger partial charge in [-0.25, -0.2) is 8.42 Å². The molecule has 1 aromatic carbocycles. The monoisotopic (exact) mass is 388 g/mol. The topological polar surface area (TPSA) is 140 Å². The van der Waals surface area contributed by atoms with Gasteiger partial charge in [-0.2, -0.15) is 4.72 Å². The van der Waals surface area contributed by atoms with Crippen molar-refractivity contribution in [3.63, 3.8) is 0 Å². The standard InChI is InChI=1S/C15H20N2O8S/c1-10(18)16-12-3-5-13(6-4-12)26(21,22)17-14-7-23-9-24-8-15(14,20)25-11(2)19/h3-6,14,17,20H,7-9H2,1-2H3,(H,16,18). The van der Waals surface area contributed by atoms with Crippen molar-refractivity contribution in [1.82, 2.24) is 4.72 Å². The number of rotatable bonds is 5. The van der Waals surface area contributed by atoms with Gasteiger partial charge in [0.2, 0.25) is 15.9 Å². The average molecular weight is 388 g/mol. The molecular formula is C15H20N2O8S. The molecule has 1 heterocycles. The van der Waals surface area contributed by atoms with Crippen LogP contribution in [0.3, 0.4) is 0 Å². The van der Waals surface area contributed by atoms with Gasteiger partial charge >= 0.3 is 5.97 Å². The second-order valence-corrected chi connectivity index (χ2v) is 7.37. The zero-order valence-corrected chi connectivity index (χ0v) is 15.0. The van der Waals surface area contributed by atoms with Crippen LogP contribution in [-0.4, -0.2) is 57.2 Å². The Morgan fingerprint density at radius 3 is 2.46 bits per heavy atom. The van der Waals surface area contributed by atoms with Crippen LogP contribution in [0.25, 0.3) is 0 Å². The van der Waals surface area contributed by atoms with Crippen molar-refractivity contribution >= 4 is 27.6 Å². The quantitative estimate of drug-likeness (QED) is 0.455. The summed E-state index contributed by atoms with van der Waals surface area (Å²) in [5.41, 5.74) is 0.430. The van der Waals surface area contributed by atoms with Crippen LogP contribution in [0, 0.1) is 0 Å². The van der Waals surface area contributed by atoms with Crippen LogP contribution in [-0.2, 0) is 33.8 Å². The first-order valence-electron chi connectivity index (χ1n) is 7.60. The van der Waals surface area contributed by atoms with E-state index in [0.29, 0.717) is 5.69 Å². The molecule has 11 heteroatoms. The Morgan fingerprint density at radius 1 is 1.23 bits per heavy atom. The summed E-state index contributed by atoms with van der Waals surface area (Å²) in [6.07, 6.45) is 0. The fourth-order valence-electron chi connectivity index (χ4n) is 2.30. The summed E-state index contributed by atoms with van der Waals surface area (Å²) in [4.78, 5) is 22.1. The van der Waals surface area contributed by atoms with Gasteiger partial charge in [-0.3, -0.25) is 9.59 Å². The molecule has 2 atom stereocenters. The Balaban J connectivity index is 2.22. The van der Waals surface area contributed by atoms with Crippen LogP contribution in [0.5, 0.6) is 0 Å². The number of ether oxygens (including phenoxy) is 3. The molecule has 0 aromatic heterocycles. The van der Waals surface area contributed by atoms with Gasteiger partial charge in [0.1, 0.15) is 19.4 Å². The van der Waals surface area contributed by atoms with Crippen molar-refractivity contribution in [1.29, 1.82) is 0 Å². The summed E-state index contributed by atoms with van der Waals surface area (Å²) in [7, 11) is -4.08. The molecule has 10 nitrogen and oxygen atoms in total. The summed E-state index contributed by atoms with van der Waals surface area (Å²) in [5, 5.41) is 13.0. The van der Waals surface area contributed by atoms with E-state index in [1.165, 1.54) is 31.2 Å². The number of amides is 1. The van der Waals surface area contributed by atoms with Crippen molar-refractivity contribution in [2.75, 3.05) is 25.3 Å². The van der Waals surface area contributed by atoms with Crippen LogP contribution in [0.1, 0.15) is 13.8 Å². The molecule has 2 unspecified atom stereocenters. The lowest BCUT2D eigenvalue weighted by Gasteiger charge is -2.32. The van der Waals surface area contributed by atoms with E-state index in [-0.39, 0.29) is 24.2 Å². The third-order valence-corrected chi connectivity index (χ3v) is 4.89. The Hall–Kier alpha value is -2.05. The predicted molar refractivity (Wildman–Crippen MR) is 88.3 cm³/mol. The van der Waals surface area contributed by atoms with Gasteiger partial charge in [0.05, 0.1) is 11.5 Å². The summed E-state index contributed by atoms with van der Waals surface area (Å²) in [6.45, 7) is 1.49. The molecule has 1 amide bonds. The highest BCUT2D eigenvalue weighted by atomic mass is 32.2. The number of carbonyl (C=O) groups is 2. The maximum atomic E-state index is 12.6. The molecule has 144 valence electrons. The molecule has 1 aliphatic heterocycles. The van der Waals surface area contributed by atoms with Gasteiger partial charge in [0, 0.05) is 19.5 Å². The Morgan fingerprint density at radius 2 is 1.88 bits per heavy atom. The van der Waals surface area contributed by atoms with Gasteiger partial charge in [-0.05, 0) is 24.3 Å². The molecule has 0 bridgehead atoms. The third-order valence-electron chi connectivity index (χ3n) is 3.41. The zero-order chi connectivity index (χ0) is 19.4. The maximum absolute atomic E-state index is 12.6. The normalized spacial score (nSPS) is 23.7. The summed E-state index contributed by atoms with van der Waals surface area (Å²) >= 11 is 0. The number of benzene rings is 1. The molecule has 0 spiro atoms. The number of hydrogen-bond donors (Lipinski definition) is 3. The van der Waals surface area contributed by atoms with Gasteiger partial charge < -0.3 is 24.6 Å². The van der Waals surface area contributed by atoms with E-state index < -0.39 is 34.4 Å². The largest absolute Gasteiger partial charge is 0.429 e. The van der Waals surface area contributed by atoms with Crippen LogP contribution < -0.4 is 10.0 Å². The van der Waals surface area contributed by atoms with Crippen molar-refractivity contribution in [3.8, 4) is 0 Å². The molecule has 1 saturated heterocycles. The van der Waals surface area contributed by atoms with Gasteiger partial charge in [-0.15, -0.1) is 0 Å². The number of esters is 1.